The van der Waals surface area contributed by atoms with Gasteiger partial charge in [-0.15, -0.1) is 0 Å². The minimum Gasteiger partial charge on any atom is -0.411 e. The normalized spacial score (nSPS) is 12.2. The first kappa shape index (κ1) is 33.6. The summed E-state index contributed by atoms with van der Waals surface area (Å²) in [6.07, 6.45) is 0.876. The fourth-order valence-electron chi connectivity index (χ4n) is 3.34. The lowest BCUT2D eigenvalue weighted by molar-refractivity contribution is 0.301. The maximum absolute atomic E-state index is 13.3. The highest BCUT2D eigenvalue weighted by Gasteiger charge is 2.17. The van der Waals surface area contributed by atoms with Crippen molar-refractivity contribution in [3.8, 4) is 0 Å². The third kappa shape index (κ3) is 10.1. The standard InChI is InChI=1S/C13H15BrFN5O4S.C10H8ClFN4O2/c14-9-6-8(3-4-10(9)15)18-12(7-21)13-11(19-24-20-13)2-1-5-17-25(16,22)23;11-6-3-5(1-2-7(6)12)4-8(14-17)9-10(13)16-18-15-9/h3-4,6,17,21H,1-2,5,7H2,(H2,16,22,23);1-3,17H,4H2,(H2,13,16)/b;14-8-. The van der Waals surface area contributed by atoms with E-state index in [1.54, 1.807) is 0 Å². The van der Waals surface area contributed by atoms with Crippen LogP contribution in [0.5, 0.6) is 0 Å². The van der Waals surface area contributed by atoms with Crippen molar-refractivity contribution in [2.75, 3.05) is 18.9 Å². The molecule has 4 rings (SSSR count). The van der Waals surface area contributed by atoms with E-state index in [0.717, 1.165) is 0 Å². The van der Waals surface area contributed by atoms with Gasteiger partial charge in [0.2, 0.25) is 0 Å². The number of nitrogens with two attached hydrogens (primary N) is 2. The number of benzene rings is 2. The Morgan fingerprint density at radius 2 is 1.74 bits per heavy atom. The summed E-state index contributed by atoms with van der Waals surface area (Å²) in [5.41, 5.74) is 7.65. The van der Waals surface area contributed by atoms with Gasteiger partial charge in [0.15, 0.2) is 17.2 Å². The molecule has 0 aliphatic rings. The van der Waals surface area contributed by atoms with Gasteiger partial charge in [-0.1, -0.05) is 28.0 Å². The summed E-state index contributed by atoms with van der Waals surface area (Å²) in [5.74, 6) is -0.947. The molecule has 0 fully saturated rings. The van der Waals surface area contributed by atoms with Crippen LogP contribution in [0.2, 0.25) is 5.02 Å². The van der Waals surface area contributed by atoms with E-state index in [1.165, 1.54) is 36.4 Å². The summed E-state index contributed by atoms with van der Waals surface area (Å²) in [6, 6.07) is 8.28. The molecule has 0 atom stereocenters. The van der Waals surface area contributed by atoms with Crippen LogP contribution >= 0.6 is 27.5 Å². The van der Waals surface area contributed by atoms with Crippen LogP contribution in [0.15, 0.2) is 60.3 Å². The Bertz CT molecular complexity index is 1720. The first-order valence-corrected chi connectivity index (χ1v) is 14.6. The number of aliphatic hydroxyl groups is 1. The van der Waals surface area contributed by atoms with Gasteiger partial charge in [-0.25, -0.2) is 32.9 Å². The average molecular weight is 707 g/mol. The summed E-state index contributed by atoms with van der Waals surface area (Å²) in [7, 11) is -3.75. The average Bonchev–Trinajstić information content (AvgIpc) is 3.61. The maximum atomic E-state index is 13.3. The topological polar surface area (TPSA) is 241 Å². The molecule has 2 aromatic carbocycles. The smallest absolute Gasteiger partial charge is 0.274 e. The molecule has 0 amide bonds. The molecule has 4 aromatic rings. The fourth-order valence-corrected chi connectivity index (χ4v) is 4.34. The van der Waals surface area contributed by atoms with Gasteiger partial charge in [-0.2, -0.15) is 8.42 Å². The quantitative estimate of drug-likeness (QED) is 0.0657. The molecule has 0 spiro atoms. The van der Waals surface area contributed by atoms with E-state index in [1.807, 2.05) is 0 Å². The molecule has 2 aromatic heterocycles. The molecule has 0 radical (unpaired) electrons. The zero-order valence-corrected chi connectivity index (χ0v) is 24.9. The first-order valence-electron chi connectivity index (χ1n) is 11.9. The molecule has 7 N–H and O–H groups in total. The second-order valence-electron chi connectivity index (χ2n) is 8.39. The van der Waals surface area contributed by atoms with Crippen LogP contribution in [0.3, 0.4) is 0 Å². The second kappa shape index (κ2) is 15.5. The fraction of sp³-hybridized carbons (Fsp3) is 0.217. The third-order valence-corrected chi connectivity index (χ3v) is 6.81. The van der Waals surface area contributed by atoms with E-state index in [0.29, 0.717) is 29.8 Å². The molecule has 0 saturated carbocycles. The molecular formula is C23H23BrClF2N9O6S. The zero-order chi connectivity index (χ0) is 31.6. The molecule has 0 aliphatic carbocycles. The van der Waals surface area contributed by atoms with Crippen molar-refractivity contribution in [3.05, 3.63) is 80.2 Å². The van der Waals surface area contributed by atoms with Gasteiger partial charge >= 0.3 is 0 Å². The van der Waals surface area contributed by atoms with Crippen LogP contribution in [0.1, 0.15) is 29.1 Å². The number of aryl methyl sites for hydroxylation is 1. The van der Waals surface area contributed by atoms with Gasteiger partial charge in [0.1, 0.15) is 23.0 Å². The molecule has 0 unspecified atom stereocenters. The number of halogens is 4. The van der Waals surface area contributed by atoms with E-state index < -0.39 is 28.5 Å². The van der Waals surface area contributed by atoms with Gasteiger partial charge in [-0.3, -0.25) is 0 Å². The number of oxime groups is 1. The van der Waals surface area contributed by atoms with Crippen molar-refractivity contribution >= 4 is 60.7 Å². The summed E-state index contributed by atoms with van der Waals surface area (Å²) in [4.78, 5) is 4.23. The van der Waals surface area contributed by atoms with Crippen LogP contribution in [-0.4, -0.2) is 63.9 Å². The molecular weight excluding hydrogens is 684 g/mol. The number of aliphatic hydroxyl groups excluding tert-OH is 1. The van der Waals surface area contributed by atoms with Gasteiger partial charge in [0, 0.05) is 13.0 Å². The Morgan fingerprint density at radius 1 is 1.05 bits per heavy atom. The molecule has 2 heterocycles. The number of hydrogen-bond donors (Lipinski definition) is 5. The lowest BCUT2D eigenvalue weighted by Gasteiger charge is -2.04. The largest absolute Gasteiger partial charge is 0.411 e. The van der Waals surface area contributed by atoms with Gasteiger partial charge in [0.25, 0.3) is 10.2 Å². The molecule has 230 valence electrons. The van der Waals surface area contributed by atoms with Crippen molar-refractivity contribution in [2.45, 2.75) is 19.3 Å². The van der Waals surface area contributed by atoms with Crippen molar-refractivity contribution < 1.29 is 36.8 Å². The number of aromatic nitrogens is 4. The molecule has 0 saturated heterocycles. The van der Waals surface area contributed by atoms with E-state index in [4.69, 9.17) is 27.7 Å². The predicted molar refractivity (Wildman–Crippen MR) is 153 cm³/mol. The van der Waals surface area contributed by atoms with E-state index in [9.17, 15) is 22.3 Å². The number of nitrogen functional groups attached to an aromatic ring is 1. The molecule has 20 heteroatoms. The Balaban J connectivity index is 0.000000248. The highest BCUT2D eigenvalue weighted by molar-refractivity contribution is 9.10. The number of hydrogen-bond acceptors (Lipinski definition) is 13. The first-order chi connectivity index (χ1) is 20.4. The summed E-state index contributed by atoms with van der Waals surface area (Å²) < 4.78 is 59.3. The van der Waals surface area contributed by atoms with Crippen LogP contribution in [0.25, 0.3) is 0 Å². The molecule has 0 aliphatic heterocycles. The second-order valence-corrected chi connectivity index (χ2v) is 11.0. The number of nitrogens with zero attached hydrogens (tertiary/aromatic N) is 6. The number of anilines is 1. The summed E-state index contributed by atoms with van der Waals surface area (Å²) >= 11 is 8.71. The van der Waals surface area contributed by atoms with Crippen LogP contribution in [0, 0.1) is 11.6 Å². The Labute approximate surface area is 255 Å². The van der Waals surface area contributed by atoms with Crippen LogP contribution < -0.4 is 15.6 Å². The lowest BCUT2D eigenvalue weighted by atomic mass is 10.1. The minimum atomic E-state index is -3.75. The van der Waals surface area contributed by atoms with Crippen molar-refractivity contribution in [2.24, 2.45) is 15.3 Å². The Kier molecular flexibility index (Phi) is 12.2. The highest BCUT2D eigenvalue weighted by Crippen LogP contribution is 2.23. The zero-order valence-electron chi connectivity index (χ0n) is 21.8. The highest BCUT2D eigenvalue weighted by atomic mass is 79.9. The minimum absolute atomic E-state index is 0.0102. The SMILES string of the molecule is NS(=O)(=O)NCCCc1nonc1C(CO)=Nc1ccc(F)c(Br)c1.Nc1nonc1/C(Cc1ccc(F)c(Cl)c1)=N\O. The number of rotatable bonds is 11. The van der Waals surface area contributed by atoms with Crippen molar-refractivity contribution in [1.29, 1.82) is 0 Å². The molecule has 43 heavy (non-hydrogen) atoms. The molecule has 15 nitrogen and oxygen atoms in total. The number of nitrogens with one attached hydrogen (secondary N) is 1. The van der Waals surface area contributed by atoms with Gasteiger partial charge in [-0.05, 0) is 80.1 Å². The Hall–Kier alpha value is -3.88. The number of aliphatic imine (C=N–C) groups is 1. The van der Waals surface area contributed by atoms with E-state index >= 15 is 0 Å². The van der Waals surface area contributed by atoms with E-state index in [2.05, 4.69) is 60.7 Å². The molecule has 0 bridgehead atoms. The maximum Gasteiger partial charge on any atom is 0.274 e. The van der Waals surface area contributed by atoms with Gasteiger partial charge in [0.05, 0.1) is 27.5 Å². The van der Waals surface area contributed by atoms with Crippen molar-refractivity contribution in [1.82, 2.24) is 25.3 Å². The lowest BCUT2D eigenvalue weighted by Crippen LogP contribution is -2.31. The van der Waals surface area contributed by atoms with Crippen molar-refractivity contribution in [3.63, 3.8) is 0 Å². The van der Waals surface area contributed by atoms with Gasteiger partial charge < -0.3 is 16.0 Å². The predicted octanol–water partition coefficient (Wildman–Crippen LogP) is 2.68. The Morgan fingerprint density at radius 3 is 2.35 bits per heavy atom. The monoisotopic (exact) mass is 705 g/mol. The third-order valence-electron chi connectivity index (χ3n) is 5.30. The van der Waals surface area contributed by atoms with Crippen LogP contribution in [0.4, 0.5) is 20.3 Å². The summed E-state index contributed by atoms with van der Waals surface area (Å²) in [5, 5.41) is 40.7. The summed E-state index contributed by atoms with van der Waals surface area (Å²) in [6.45, 7) is -0.326. The van der Waals surface area contributed by atoms with Crippen LogP contribution in [-0.2, 0) is 23.1 Å². The van der Waals surface area contributed by atoms with E-state index in [-0.39, 0.29) is 51.1 Å².